The van der Waals surface area contributed by atoms with Crippen LogP contribution in [0.3, 0.4) is 0 Å². The zero-order valence-electron chi connectivity index (χ0n) is 13.8. The molecule has 0 aromatic heterocycles. The Morgan fingerprint density at radius 2 is 2.08 bits per heavy atom. The molecule has 0 saturated carbocycles. The Hall–Kier alpha value is -1.85. The molecule has 1 aliphatic heterocycles. The molecule has 5 heteroatoms. The molecular formula is C19H21BrN2O2. The van der Waals surface area contributed by atoms with Crippen molar-refractivity contribution in [3.8, 4) is 5.75 Å². The number of rotatable bonds is 5. The number of benzene rings is 2. The summed E-state index contributed by atoms with van der Waals surface area (Å²) < 4.78 is 6.85. The highest BCUT2D eigenvalue weighted by Gasteiger charge is 2.20. The first-order chi connectivity index (χ1) is 11.5. The van der Waals surface area contributed by atoms with Gasteiger partial charge < -0.3 is 15.4 Å². The lowest BCUT2D eigenvalue weighted by atomic mass is 10.1. The second-order valence-corrected chi connectivity index (χ2v) is 7.04. The maximum absolute atomic E-state index is 12.7. The molecule has 1 aliphatic rings. The van der Waals surface area contributed by atoms with E-state index in [1.54, 1.807) is 0 Å². The second kappa shape index (κ2) is 7.36. The highest BCUT2D eigenvalue weighted by atomic mass is 79.9. The fourth-order valence-electron chi connectivity index (χ4n) is 2.59. The SMILES string of the molecule is Cc1ccc(OC2CNC2)cc1C(=O)N[C@H](C)c1cccc(Br)c1. The van der Waals surface area contributed by atoms with Crippen LogP contribution in [0.4, 0.5) is 0 Å². The minimum Gasteiger partial charge on any atom is -0.488 e. The molecular weight excluding hydrogens is 368 g/mol. The van der Waals surface area contributed by atoms with Gasteiger partial charge in [0.1, 0.15) is 11.9 Å². The second-order valence-electron chi connectivity index (χ2n) is 6.12. The van der Waals surface area contributed by atoms with Crippen molar-refractivity contribution in [2.75, 3.05) is 13.1 Å². The molecule has 2 aromatic carbocycles. The summed E-state index contributed by atoms with van der Waals surface area (Å²) in [5.41, 5.74) is 2.65. The van der Waals surface area contributed by atoms with Gasteiger partial charge in [0.15, 0.2) is 0 Å². The molecule has 2 aromatic rings. The van der Waals surface area contributed by atoms with Gasteiger partial charge in [-0.05, 0) is 49.2 Å². The molecule has 0 bridgehead atoms. The number of carbonyl (C=O) groups is 1. The third-order valence-electron chi connectivity index (χ3n) is 4.20. The van der Waals surface area contributed by atoms with E-state index in [0.717, 1.165) is 34.4 Å². The Morgan fingerprint density at radius 3 is 2.75 bits per heavy atom. The van der Waals surface area contributed by atoms with Crippen LogP contribution >= 0.6 is 15.9 Å². The van der Waals surface area contributed by atoms with E-state index in [9.17, 15) is 4.79 Å². The Morgan fingerprint density at radius 1 is 1.29 bits per heavy atom. The summed E-state index contributed by atoms with van der Waals surface area (Å²) in [6.45, 7) is 5.63. The molecule has 1 fully saturated rings. The molecule has 4 nitrogen and oxygen atoms in total. The maximum Gasteiger partial charge on any atom is 0.252 e. The van der Waals surface area contributed by atoms with Crippen LogP contribution in [-0.4, -0.2) is 25.1 Å². The first kappa shape index (κ1) is 17.0. The number of aryl methyl sites for hydroxylation is 1. The predicted molar refractivity (Wildman–Crippen MR) is 98.5 cm³/mol. The predicted octanol–water partition coefficient (Wildman–Crippen LogP) is 3.60. The van der Waals surface area contributed by atoms with Crippen molar-refractivity contribution in [3.05, 3.63) is 63.6 Å². The smallest absolute Gasteiger partial charge is 0.252 e. The Labute approximate surface area is 150 Å². The lowest BCUT2D eigenvalue weighted by Gasteiger charge is -2.28. The van der Waals surface area contributed by atoms with E-state index in [-0.39, 0.29) is 18.1 Å². The van der Waals surface area contributed by atoms with Crippen molar-refractivity contribution in [1.82, 2.24) is 10.6 Å². The van der Waals surface area contributed by atoms with E-state index in [2.05, 4.69) is 26.6 Å². The van der Waals surface area contributed by atoms with Crippen LogP contribution in [0.1, 0.15) is 34.5 Å². The summed E-state index contributed by atoms with van der Waals surface area (Å²) in [6.07, 6.45) is 0.198. The van der Waals surface area contributed by atoms with Gasteiger partial charge in [0.25, 0.3) is 5.91 Å². The highest BCUT2D eigenvalue weighted by molar-refractivity contribution is 9.10. The van der Waals surface area contributed by atoms with E-state index in [0.29, 0.717) is 5.56 Å². The van der Waals surface area contributed by atoms with Crippen LogP contribution in [0.15, 0.2) is 46.9 Å². The minimum absolute atomic E-state index is 0.0743. The number of halogens is 1. The molecule has 1 atom stereocenters. The quantitative estimate of drug-likeness (QED) is 0.822. The summed E-state index contributed by atoms with van der Waals surface area (Å²) in [7, 11) is 0. The summed E-state index contributed by atoms with van der Waals surface area (Å²) in [6, 6.07) is 13.6. The van der Waals surface area contributed by atoms with Crippen molar-refractivity contribution >= 4 is 21.8 Å². The van der Waals surface area contributed by atoms with Crippen LogP contribution in [0.2, 0.25) is 0 Å². The largest absolute Gasteiger partial charge is 0.488 e. The van der Waals surface area contributed by atoms with Crippen molar-refractivity contribution in [2.45, 2.75) is 26.0 Å². The third kappa shape index (κ3) is 3.97. The van der Waals surface area contributed by atoms with Gasteiger partial charge in [-0.1, -0.05) is 34.1 Å². The molecule has 0 aliphatic carbocycles. The van der Waals surface area contributed by atoms with Crippen molar-refractivity contribution in [3.63, 3.8) is 0 Å². The Balaban J connectivity index is 1.72. The van der Waals surface area contributed by atoms with Crippen molar-refractivity contribution in [2.24, 2.45) is 0 Å². The summed E-state index contributed by atoms with van der Waals surface area (Å²) in [4.78, 5) is 12.7. The van der Waals surface area contributed by atoms with Gasteiger partial charge in [-0.25, -0.2) is 0 Å². The standard InChI is InChI=1S/C19H21BrN2O2/c1-12-6-7-16(24-17-10-21-11-17)9-18(12)19(23)22-13(2)14-4-3-5-15(20)8-14/h3-9,13,17,21H,10-11H2,1-2H3,(H,22,23)/t13-/m1/s1. The van der Waals surface area contributed by atoms with E-state index in [1.807, 2.05) is 56.3 Å². The topological polar surface area (TPSA) is 50.4 Å². The molecule has 0 radical (unpaired) electrons. The van der Waals surface area contributed by atoms with Gasteiger partial charge in [-0.3, -0.25) is 4.79 Å². The van der Waals surface area contributed by atoms with Crippen LogP contribution in [-0.2, 0) is 0 Å². The zero-order valence-corrected chi connectivity index (χ0v) is 15.4. The van der Waals surface area contributed by atoms with E-state index in [1.165, 1.54) is 0 Å². The summed E-state index contributed by atoms with van der Waals surface area (Å²) in [5.74, 6) is 0.657. The summed E-state index contributed by atoms with van der Waals surface area (Å²) >= 11 is 3.46. The molecule has 24 heavy (non-hydrogen) atoms. The number of hydrogen-bond donors (Lipinski definition) is 2. The average molecular weight is 389 g/mol. The zero-order chi connectivity index (χ0) is 17.1. The monoisotopic (exact) mass is 388 g/mol. The summed E-state index contributed by atoms with van der Waals surface area (Å²) in [5, 5.41) is 6.23. The number of amides is 1. The number of ether oxygens (including phenoxy) is 1. The first-order valence-corrected chi connectivity index (χ1v) is 8.86. The molecule has 1 saturated heterocycles. The van der Waals surface area contributed by atoms with Gasteiger partial charge in [0.2, 0.25) is 0 Å². The Bertz CT molecular complexity index is 744. The molecule has 126 valence electrons. The van der Waals surface area contributed by atoms with Crippen molar-refractivity contribution < 1.29 is 9.53 Å². The molecule has 2 N–H and O–H groups in total. The lowest BCUT2D eigenvalue weighted by molar-refractivity contribution is 0.0937. The third-order valence-corrected chi connectivity index (χ3v) is 4.69. The number of nitrogens with one attached hydrogen (secondary N) is 2. The van der Waals surface area contributed by atoms with Crippen LogP contribution in [0.25, 0.3) is 0 Å². The van der Waals surface area contributed by atoms with E-state index >= 15 is 0 Å². The van der Waals surface area contributed by atoms with Gasteiger partial charge >= 0.3 is 0 Å². The van der Waals surface area contributed by atoms with E-state index < -0.39 is 0 Å². The normalized spacial score (nSPS) is 15.5. The van der Waals surface area contributed by atoms with Crippen LogP contribution in [0.5, 0.6) is 5.75 Å². The van der Waals surface area contributed by atoms with Gasteiger partial charge in [-0.2, -0.15) is 0 Å². The molecule has 1 heterocycles. The number of hydrogen-bond acceptors (Lipinski definition) is 3. The van der Waals surface area contributed by atoms with Crippen LogP contribution < -0.4 is 15.4 Å². The lowest BCUT2D eigenvalue weighted by Crippen LogP contribution is -2.50. The maximum atomic E-state index is 12.7. The number of carbonyl (C=O) groups excluding carboxylic acids is 1. The van der Waals surface area contributed by atoms with Crippen molar-refractivity contribution in [1.29, 1.82) is 0 Å². The van der Waals surface area contributed by atoms with E-state index in [4.69, 9.17) is 4.74 Å². The molecule has 1 amide bonds. The molecule has 0 spiro atoms. The highest BCUT2D eigenvalue weighted by Crippen LogP contribution is 2.22. The Kier molecular flexibility index (Phi) is 5.21. The minimum atomic E-state index is -0.0860. The first-order valence-electron chi connectivity index (χ1n) is 8.07. The van der Waals surface area contributed by atoms with Gasteiger partial charge in [0.05, 0.1) is 6.04 Å². The van der Waals surface area contributed by atoms with Gasteiger partial charge in [-0.15, -0.1) is 0 Å². The van der Waals surface area contributed by atoms with Gasteiger partial charge in [0, 0.05) is 23.1 Å². The fourth-order valence-corrected chi connectivity index (χ4v) is 3.01. The molecule has 0 unspecified atom stereocenters. The van der Waals surface area contributed by atoms with Crippen LogP contribution in [0, 0.1) is 6.92 Å². The molecule has 3 rings (SSSR count). The average Bonchev–Trinajstić information content (AvgIpc) is 2.52. The fraction of sp³-hybridized carbons (Fsp3) is 0.316.